The Balaban J connectivity index is 2.13. The Labute approximate surface area is 83.8 Å². The van der Waals surface area contributed by atoms with Gasteiger partial charge >= 0.3 is 5.97 Å². The van der Waals surface area contributed by atoms with Crippen LogP contribution in [0.3, 0.4) is 0 Å². The van der Waals surface area contributed by atoms with Crippen molar-refractivity contribution < 1.29 is 14.6 Å². The first-order valence-electron chi connectivity index (χ1n) is 5.32. The Morgan fingerprint density at radius 2 is 1.86 bits per heavy atom. The minimum absolute atomic E-state index is 0.276. The van der Waals surface area contributed by atoms with Gasteiger partial charge in [-0.05, 0) is 25.7 Å². The Kier molecular flexibility index (Phi) is 2.48. The van der Waals surface area contributed by atoms with Gasteiger partial charge in [0.05, 0.1) is 11.8 Å². The van der Waals surface area contributed by atoms with Gasteiger partial charge in [-0.2, -0.15) is 0 Å². The number of aliphatic hydroxyl groups excluding tert-OH is 1. The summed E-state index contributed by atoms with van der Waals surface area (Å²) in [7, 11) is 0. The molecule has 1 N–H and O–H groups in total. The first kappa shape index (κ1) is 9.56. The zero-order chi connectivity index (χ0) is 10.0. The molecule has 0 aromatic carbocycles. The minimum Gasteiger partial charge on any atom is -0.515 e. The Bertz CT molecular complexity index is 260. The average Bonchev–Trinajstić information content (AvgIpc) is 2.36. The zero-order valence-corrected chi connectivity index (χ0v) is 8.29. The number of ether oxygens (including phenoxy) is 1. The van der Waals surface area contributed by atoms with E-state index in [1.165, 1.54) is 12.8 Å². The third-order valence-corrected chi connectivity index (χ3v) is 3.25. The predicted molar refractivity (Wildman–Crippen MR) is 51.9 cm³/mol. The number of carbonyl (C=O) groups is 1. The van der Waals surface area contributed by atoms with Gasteiger partial charge in [-0.25, -0.2) is 4.79 Å². The van der Waals surface area contributed by atoms with Gasteiger partial charge in [0.2, 0.25) is 0 Å². The maximum atomic E-state index is 11.3. The largest absolute Gasteiger partial charge is 0.515 e. The van der Waals surface area contributed by atoms with Crippen LogP contribution < -0.4 is 0 Å². The molecule has 2 fully saturated rings. The molecule has 3 nitrogen and oxygen atoms in total. The molecule has 78 valence electrons. The summed E-state index contributed by atoms with van der Waals surface area (Å²) in [5.74, 6) is -0.325. The van der Waals surface area contributed by atoms with Crippen LogP contribution in [-0.2, 0) is 9.53 Å². The maximum Gasteiger partial charge on any atom is 0.337 e. The van der Waals surface area contributed by atoms with Gasteiger partial charge in [0.25, 0.3) is 0 Å². The molecular weight excluding hydrogens is 180 g/mol. The van der Waals surface area contributed by atoms with Gasteiger partial charge in [0.1, 0.15) is 5.60 Å². The molecule has 1 saturated carbocycles. The van der Waals surface area contributed by atoms with Crippen molar-refractivity contribution in [3.63, 3.8) is 0 Å². The first-order chi connectivity index (χ1) is 6.76. The van der Waals surface area contributed by atoms with Crippen LogP contribution in [0.1, 0.15) is 44.9 Å². The van der Waals surface area contributed by atoms with Gasteiger partial charge < -0.3 is 9.84 Å². The number of carbonyl (C=O) groups excluding carboxylic acids is 1. The maximum absolute atomic E-state index is 11.3. The van der Waals surface area contributed by atoms with Crippen molar-refractivity contribution in [2.75, 3.05) is 0 Å². The number of esters is 1. The molecule has 2 rings (SSSR count). The molecule has 0 bridgehead atoms. The number of hydrogen-bond acceptors (Lipinski definition) is 3. The molecule has 1 saturated heterocycles. The van der Waals surface area contributed by atoms with E-state index in [4.69, 9.17) is 9.84 Å². The lowest BCUT2D eigenvalue weighted by molar-refractivity contribution is -0.147. The molecule has 1 spiro atoms. The standard InChI is InChI=1S/C11H16O3/c12-8-9-7-11(14-10(9)13)5-3-1-2-4-6-11/h8,12H,1-7H2/b9-8-. The third kappa shape index (κ3) is 1.63. The molecule has 2 aliphatic rings. The summed E-state index contributed by atoms with van der Waals surface area (Å²) in [5, 5.41) is 8.86. The van der Waals surface area contributed by atoms with Crippen molar-refractivity contribution in [1.82, 2.24) is 0 Å². The van der Waals surface area contributed by atoms with Gasteiger partial charge in [0, 0.05) is 6.42 Å². The second-order valence-corrected chi connectivity index (χ2v) is 4.32. The fourth-order valence-electron chi connectivity index (χ4n) is 2.47. The van der Waals surface area contributed by atoms with Crippen LogP contribution in [0, 0.1) is 0 Å². The summed E-state index contributed by atoms with van der Waals surface area (Å²) in [4.78, 5) is 11.3. The number of rotatable bonds is 0. The monoisotopic (exact) mass is 196 g/mol. The van der Waals surface area contributed by atoms with Crippen LogP contribution in [0.2, 0.25) is 0 Å². The zero-order valence-electron chi connectivity index (χ0n) is 8.29. The van der Waals surface area contributed by atoms with Gasteiger partial charge in [0.15, 0.2) is 0 Å². The second-order valence-electron chi connectivity index (χ2n) is 4.32. The molecule has 1 aliphatic carbocycles. The van der Waals surface area contributed by atoms with E-state index in [2.05, 4.69) is 0 Å². The van der Waals surface area contributed by atoms with Crippen LogP contribution in [0.25, 0.3) is 0 Å². The molecule has 0 atom stereocenters. The van der Waals surface area contributed by atoms with Gasteiger partial charge in [-0.3, -0.25) is 0 Å². The molecule has 14 heavy (non-hydrogen) atoms. The van der Waals surface area contributed by atoms with Crippen molar-refractivity contribution >= 4 is 5.97 Å². The van der Waals surface area contributed by atoms with E-state index in [0.29, 0.717) is 12.0 Å². The van der Waals surface area contributed by atoms with E-state index < -0.39 is 0 Å². The topological polar surface area (TPSA) is 46.5 Å². The summed E-state index contributed by atoms with van der Waals surface area (Å²) < 4.78 is 5.41. The van der Waals surface area contributed by atoms with E-state index in [0.717, 1.165) is 31.9 Å². The average molecular weight is 196 g/mol. The lowest BCUT2D eigenvalue weighted by Crippen LogP contribution is -2.27. The Morgan fingerprint density at radius 1 is 1.21 bits per heavy atom. The highest BCUT2D eigenvalue weighted by Crippen LogP contribution is 2.40. The fourth-order valence-corrected chi connectivity index (χ4v) is 2.47. The molecule has 0 unspecified atom stereocenters. The first-order valence-corrected chi connectivity index (χ1v) is 5.32. The molecule has 0 aromatic rings. The molecule has 3 heteroatoms. The molecule has 0 aromatic heterocycles. The molecule has 1 heterocycles. The minimum atomic E-state index is -0.325. The van der Waals surface area contributed by atoms with E-state index in [1.807, 2.05) is 0 Å². The van der Waals surface area contributed by atoms with Crippen LogP contribution in [-0.4, -0.2) is 16.7 Å². The van der Waals surface area contributed by atoms with Crippen molar-refractivity contribution in [1.29, 1.82) is 0 Å². The molecular formula is C11H16O3. The van der Waals surface area contributed by atoms with Crippen LogP contribution >= 0.6 is 0 Å². The summed E-state index contributed by atoms with van der Waals surface area (Å²) >= 11 is 0. The molecule has 0 radical (unpaired) electrons. The van der Waals surface area contributed by atoms with E-state index in [9.17, 15) is 4.79 Å². The van der Waals surface area contributed by atoms with Crippen LogP contribution in [0.4, 0.5) is 0 Å². The Hall–Kier alpha value is -0.990. The predicted octanol–water partition coefficient (Wildman–Crippen LogP) is 2.47. The summed E-state index contributed by atoms with van der Waals surface area (Å²) in [5.41, 5.74) is 0.161. The molecule has 1 aliphatic heterocycles. The summed E-state index contributed by atoms with van der Waals surface area (Å²) in [6.07, 6.45) is 8.14. The second kappa shape index (κ2) is 3.64. The van der Waals surface area contributed by atoms with Crippen molar-refractivity contribution in [3.05, 3.63) is 11.8 Å². The summed E-state index contributed by atoms with van der Waals surface area (Å²) in [6.45, 7) is 0. The lowest BCUT2D eigenvalue weighted by atomic mass is 9.90. The smallest absolute Gasteiger partial charge is 0.337 e. The van der Waals surface area contributed by atoms with Crippen LogP contribution in [0.5, 0.6) is 0 Å². The van der Waals surface area contributed by atoms with Crippen molar-refractivity contribution in [3.8, 4) is 0 Å². The highest BCUT2D eigenvalue weighted by molar-refractivity contribution is 5.90. The van der Waals surface area contributed by atoms with E-state index in [-0.39, 0.29) is 11.6 Å². The summed E-state index contributed by atoms with van der Waals surface area (Å²) in [6, 6.07) is 0. The molecule has 0 amide bonds. The SMILES string of the molecule is O=C1OC2(CCCCCC2)C/C1=C/O. The van der Waals surface area contributed by atoms with Gasteiger partial charge in [-0.15, -0.1) is 0 Å². The number of hydrogen-bond donors (Lipinski definition) is 1. The normalized spacial score (nSPS) is 29.1. The van der Waals surface area contributed by atoms with Gasteiger partial charge in [-0.1, -0.05) is 12.8 Å². The third-order valence-electron chi connectivity index (χ3n) is 3.25. The highest BCUT2D eigenvalue weighted by atomic mass is 16.6. The Morgan fingerprint density at radius 3 is 2.36 bits per heavy atom. The van der Waals surface area contributed by atoms with E-state index in [1.54, 1.807) is 0 Å². The van der Waals surface area contributed by atoms with Crippen LogP contribution in [0.15, 0.2) is 11.8 Å². The number of aliphatic hydroxyl groups is 1. The van der Waals surface area contributed by atoms with Crippen molar-refractivity contribution in [2.24, 2.45) is 0 Å². The highest BCUT2D eigenvalue weighted by Gasteiger charge is 2.43. The lowest BCUT2D eigenvalue weighted by Gasteiger charge is -2.25. The van der Waals surface area contributed by atoms with E-state index >= 15 is 0 Å². The quantitative estimate of drug-likeness (QED) is 0.368. The fraction of sp³-hybridized carbons (Fsp3) is 0.727. The van der Waals surface area contributed by atoms with Crippen molar-refractivity contribution in [2.45, 2.75) is 50.5 Å².